The van der Waals surface area contributed by atoms with Crippen LogP contribution in [0.4, 0.5) is 0 Å². The average molecular weight is 402 g/mol. The summed E-state index contributed by atoms with van der Waals surface area (Å²) >= 11 is 0. The van der Waals surface area contributed by atoms with Gasteiger partial charge in [-0.1, -0.05) is 37.3 Å². The van der Waals surface area contributed by atoms with E-state index < -0.39 is 17.7 Å². The summed E-state index contributed by atoms with van der Waals surface area (Å²) in [5, 5.41) is 0. The van der Waals surface area contributed by atoms with Gasteiger partial charge in [0.15, 0.2) is 17.4 Å². The number of methoxy groups -OCH3 is 2. The van der Waals surface area contributed by atoms with E-state index in [1.165, 1.54) is 0 Å². The molecule has 1 aromatic carbocycles. The van der Waals surface area contributed by atoms with Crippen LogP contribution < -0.4 is 0 Å². The van der Waals surface area contributed by atoms with Crippen LogP contribution >= 0.6 is 0 Å². The zero-order chi connectivity index (χ0) is 20.4. The number of hydrogen-bond acceptors (Lipinski definition) is 6. The normalized spacial score (nSPS) is 43.9. The maximum atomic E-state index is 13.3. The molecule has 6 nitrogen and oxygen atoms in total. The molecule has 3 saturated carbocycles. The fraction of sp³-hybridized carbons (Fsp3) is 0.696. The van der Waals surface area contributed by atoms with Crippen LogP contribution in [0.5, 0.6) is 0 Å². The Kier molecular flexibility index (Phi) is 4.64. The van der Waals surface area contributed by atoms with Crippen LogP contribution in [0.25, 0.3) is 0 Å². The molecule has 1 saturated heterocycles. The minimum absolute atomic E-state index is 0.00956. The minimum Gasteiger partial charge on any atom is -0.372 e. The third kappa shape index (κ3) is 2.44. The molecule has 0 N–H and O–H groups in total. The molecular weight excluding hydrogens is 372 g/mol. The van der Waals surface area contributed by atoms with Crippen LogP contribution in [0.15, 0.2) is 30.3 Å². The van der Waals surface area contributed by atoms with Crippen molar-refractivity contribution in [2.75, 3.05) is 20.8 Å². The molecule has 8 atom stereocenters. The third-order valence-corrected chi connectivity index (χ3v) is 7.81. The Hall–Kier alpha value is -1.31. The Morgan fingerprint density at radius 1 is 1.14 bits per heavy atom. The van der Waals surface area contributed by atoms with Crippen molar-refractivity contribution in [3.63, 3.8) is 0 Å². The second kappa shape index (κ2) is 6.86. The summed E-state index contributed by atoms with van der Waals surface area (Å²) in [5.74, 6) is -1.70. The van der Waals surface area contributed by atoms with Crippen molar-refractivity contribution < 1.29 is 28.5 Å². The topological polar surface area (TPSA) is 63.2 Å². The Bertz CT molecular complexity index is 777. The van der Waals surface area contributed by atoms with Gasteiger partial charge in [-0.05, 0) is 12.5 Å². The van der Waals surface area contributed by atoms with E-state index in [9.17, 15) is 4.79 Å². The molecule has 1 aliphatic heterocycles. The number of ketones is 1. The smallest absolute Gasteiger partial charge is 0.179 e. The lowest BCUT2D eigenvalue weighted by Gasteiger charge is -2.42. The number of carbonyl (C=O) groups is 1. The number of Topliss-reactive ketones (excluding diaryl/α,β-unsaturated/α-hetero) is 1. The van der Waals surface area contributed by atoms with Crippen LogP contribution in [0.2, 0.25) is 0 Å². The number of hydrogen-bond donors (Lipinski definition) is 0. The van der Waals surface area contributed by atoms with Gasteiger partial charge >= 0.3 is 0 Å². The molecule has 2 bridgehead atoms. The second-order valence-corrected chi connectivity index (χ2v) is 8.81. The lowest BCUT2D eigenvalue weighted by atomic mass is 9.65. The summed E-state index contributed by atoms with van der Waals surface area (Å²) in [7, 11) is 3.38. The Labute approximate surface area is 171 Å². The summed E-state index contributed by atoms with van der Waals surface area (Å²) in [6.45, 7) is 4.93. The molecule has 0 unspecified atom stereocenters. The molecule has 0 spiro atoms. The van der Waals surface area contributed by atoms with Gasteiger partial charge < -0.3 is 23.7 Å². The molecule has 3 aliphatic carbocycles. The maximum Gasteiger partial charge on any atom is 0.179 e. The zero-order valence-electron chi connectivity index (χ0n) is 17.5. The Morgan fingerprint density at radius 3 is 2.52 bits per heavy atom. The highest BCUT2D eigenvalue weighted by molar-refractivity contribution is 5.88. The quantitative estimate of drug-likeness (QED) is 0.654. The number of ether oxygens (including phenoxy) is 5. The van der Waals surface area contributed by atoms with E-state index in [1.807, 2.05) is 44.2 Å². The van der Waals surface area contributed by atoms with Gasteiger partial charge in [-0.15, -0.1) is 0 Å². The van der Waals surface area contributed by atoms with Crippen LogP contribution in [0, 0.1) is 29.6 Å². The van der Waals surface area contributed by atoms with Gasteiger partial charge in [0.25, 0.3) is 0 Å². The molecule has 0 radical (unpaired) electrons. The van der Waals surface area contributed by atoms with Gasteiger partial charge in [0.2, 0.25) is 0 Å². The highest BCUT2D eigenvalue weighted by Crippen LogP contribution is 2.73. The van der Waals surface area contributed by atoms with Crippen molar-refractivity contribution in [3.8, 4) is 0 Å². The standard InChI is InChI=1S/C23H30O6/c1-5-28-22-11-15-16-17(21(22)23(15,25-3)26-4)20(29-22)18(24)13(2)19(16)27-12-14-9-7-6-8-10-14/h6-10,13,15-17,19-21H,5,11-12H2,1-4H3/t13-,15+,16-,17+,19+,20+,21+,22+/m0/s1. The summed E-state index contributed by atoms with van der Waals surface area (Å²) < 4.78 is 31.0. The predicted molar refractivity (Wildman–Crippen MR) is 104 cm³/mol. The average Bonchev–Trinajstić information content (AvgIpc) is 3.27. The second-order valence-electron chi connectivity index (χ2n) is 8.81. The highest BCUT2D eigenvalue weighted by atomic mass is 16.7. The van der Waals surface area contributed by atoms with Crippen molar-refractivity contribution in [1.29, 1.82) is 0 Å². The van der Waals surface area contributed by atoms with E-state index in [0.29, 0.717) is 19.6 Å². The largest absolute Gasteiger partial charge is 0.372 e. The van der Waals surface area contributed by atoms with Gasteiger partial charge in [0.1, 0.15) is 6.10 Å². The molecule has 1 aromatic rings. The van der Waals surface area contributed by atoms with E-state index >= 15 is 0 Å². The molecular formula is C23H30O6. The molecule has 4 fully saturated rings. The lowest BCUT2D eigenvalue weighted by molar-refractivity contribution is -0.281. The van der Waals surface area contributed by atoms with E-state index in [1.54, 1.807) is 14.2 Å². The lowest BCUT2D eigenvalue weighted by Crippen LogP contribution is -2.52. The van der Waals surface area contributed by atoms with Crippen molar-refractivity contribution >= 4 is 5.78 Å². The first kappa shape index (κ1) is 19.6. The van der Waals surface area contributed by atoms with E-state index in [-0.39, 0.29) is 41.5 Å². The van der Waals surface area contributed by atoms with Crippen molar-refractivity contribution in [2.24, 2.45) is 29.6 Å². The molecule has 4 aliphatic rings. The van der Waals surface area contributed by atoms with Crippen molar-refractivity contribution in [2.45, 2.75) is 50.7 Å². The van der Waals surface area contributed by atoms with E-state index in [2.05, 4.69) is 0 Å². The summed E-state index contributed by atoms with van der Waals surface area (Å²) in [6.07, 6.45) is 0.000950. The first-order chi connectivity index (χ1) is 14.0. The minimum atomic E-state index is -0.808. The SMILES string of the molecule is CCO[C@]12C[C@@H]3[C@@H]4[C@H](OCc5ccccc5)[C@@H](C)C(=O)[C@H](O1)[C@@H]4[C@H]2C3(OC)OC. The molecule has 0 aromatic heterocycles. The summed E-state index contributed by atoms with van der Waals surface area (Å²) in [6, 6.07) is 10.1. The zero-order valence-corrected chi connectivity index (χ0v) is 17.5. The van der Waals surface area contributed by atoms with Gasteiger partial charge in [-0.25, -0.2) is 0 Å². The van der Waals surface area contributed by atoms with E-state index in [4.69, 9.17) is 23.7 Å². The monoisotopic (exact) mass is 402 g/mol. The van der Waals surface area contributed by atoms with E-state index in [0.717, 1.165) is 5.56 Å². The van der Waals surface area contributed by atoms with Gasteiger partial charge in [0.05, 0.1) is 18.6 Å². The summed E-state index contributed by atoms with van der Waals surface area (Å²) in [5.41, 5.74) is 1.11. The van der Waals surface area contributed by atoms with Crippen LogP contribution in [-0.4, -0.2) is 50.4 Å². The van der Waals surface area contributed by atoms with Gasteiger partial charge in [-0.2, -0.15) is 0 Å². The first-order valence-electron chi connectivity index (χ1n) is 10.6. The number of rotatable bonds is 7. The fourth-order valence-corrected chi connectivity index (χ4v) is 6.90. The van der Waals surface area contributed by atoms with Gasteiger partial charge in [-0.3, -0.25) is 4.79 Å². The molecule has 29 heavy (non-hydrogen) atoms. The molecule has 0 amide bonds. The van der Waals surface area contributed by atoms with Crippen molar-refractivity contribution in [1.82, 2.24) is 0 Å². The number of carbonyl (C=O) groups excluding carboxylic acids is 1. The highest BCUT2D eigenvalue weighted by Gasteiger charge is 2.84. The maximum absolute atomic E-state index is 13.3. The molecule has 6 heteroatoms. The fourth-order valence-electron chi connectivity index (χ4n) is 6.90. The Balaban J connectivity index is 1.52. The van der Waals surface area contributed by atoms with Gasteiger partial charge in [0, 0.05) is 50.9 Å². The van der Waals surface area contributed by atoms with Crippen LogP contribution in [-0.2, 0) is 35.1 Å². The third-order valence-electron chi connectivity index (χ3n) is 7.81. The predicted octanol–water partition coefficient (Wildman–Crippen LogP) is 2.79. The van der Waals surface area contributed by atoms with Crippen molar-refractivity contribution in [3.05, 3.63) is 35.9 Å². The van der Waals surface area contributed by atoms with Crippen LogP contribution in [0.1, 0.15) is 25.8 Å². The number of benzene rings is 1. The van der Waals surface area contributed by atoms with Crippen LogP contribution in [0.3, 0.4) is 0 Å². The molecule has 1 heterocycles. The summed E-state index contributed by atoms with van der Waals surface area (Å²) in [4.78, 5) is 13.3. The molecule has 5 rings (SSSR count). The number of fused-ring (bicyclic) bond motifs is 2. The molecule has 158 valence electrons. The Morgan fingerprint density at radius 2 is 1.86 bits per heavy atom. The first-order valence-corrected chi connectivity index (χ1v) is 10.6.